The fourth-order valence-corrected chi connectivity index (χ4v) is 14.1. The van der Waals surface area contributed by atoms with Crippen molar-refractivity contribution >= 4 is 59.8 Å². The van der Waals surface area contributed by atoms with Gasteiger partial charge in [-0.25, -0.2) is 13.9 Å². The number of phenolic OH excluding ortho intramolecular Hbond substituents is 2. The summed E-state index contributed by atoms with van der Waals surface area (Å²) in [5, 5.41) is 32.6. The molecule has 0 saturated carbocycles. The maximum absolute atomic E-state index is 13.5. The molecule has 0 radical (unpaired) electrons. The fourth-order valence-electron chi connectivity index (χ4n) is 10.5. The predicted molar refractivity (Wildman–Crippen MR) is 326 cm³/mol. The molecule has 6 rings (SSSR count). The number of fused-ring (bicyclic) bond motifs is 3. The molecule has 88 heavy (non-hydrogen) atoms. The topological polar surface area (TPSA) is 361 Å². The number of carbonyl (C=O) groups excluding carboxylic acids is 4. The first-order chi connectivity index (χ1) is 42.2. The zero-order chi connectivity index (χ0) is 63.5. The van der Waals surface area contributed by atoms with Crippen LogP contribution in [0.25, 0.3) is 0 Å². The smallest absolute Gasteiger partial charge is 0.472 e. The van der Waals surface area contributed by atoms with Crippen LogP contribution in [0.1, 0.15) is 129 Å². The molecule has 0 aliphatic carbocycles. The molecule has 30 heteroatoms. The SMILES string of the molecule is CCC(CC)CCOP(=O)(O)OCC(CCCCNC(=O)c1ccc(C2(C)c3ccc(O)cc3Oc3cc(O)ccc32)c(C=O)c1)COP(=O)(O)OCC(COCCOCCOCCOCCCNC(=O)CCCCC1SCC2NC(=O)NC21)O[PH](=O)O. The summed E-state index contributed by atoms with van der Waals surface area (Å²) in [5.74, 6) is 0.516. The summed E-state index contributed by atoms with van der Waals surface area (Å²) in [6.45, 7) is 6.38. The van der Waals surface area contributed by atoms with Crippen molar-refractivity contribution in [2.24, 2.45) is 11.8 Å². The van der Waals surface area contributed by atoms with Crippen LogP contribution >= 0.6 is 35.7 Å². The minimum absolute atomic E-state index is 0.00766. The zero-order valence-electron chi connectivity index (χ0n) is 50.1. The lowest BCUT2D eigenvalue weighted by molar-refractivity contribution is -0.121. The number of aromatic hydroxyl groups is 2. The number of rotatable bonds is 45. The Labute approximate surface area is 518 Å². The number of amides is 4. The van der Waals surface area contributed by atoms with Crippen molar-refractivity contribution in [3.8, 4) is 23.0 Å². The molecule has 3 aromatic carbocycles. The second-order valence-corrected chi connectivity index (χ2v) is 26.7. The molecule has 3 aliphatic heterocycles. The minimum atomic E-state index is -4.89. The molecule has 0 aromatic heterocycles. The lowest BCUT2D eigenvalue weighted by Gasteiger charge is -2.38. The highest BCUT2D eigenvalue weighted by Crippen LogP contribution is 2.54. The van der Waals surface area contributed by atoms with E-state index in [1.165, 1.54) is 30.3 Å². The summed E-state index contributed by atoms with van der Waals surface area (Å²) in [5.41, 5.74) is 1.23. The molecule has 3 heterocycles. The van der Waals surface area contributed by atoms with Gasteiger partial charge in [-0.1, -0.05) is 57.7 Å². The maximum atomic E-state index is 13.5. The zero-order valence-corrected chi connectivity index (χ0v) is 53.7. The number of benzene rings is 3. The van der Waals surface area contributed by atoms with Crippen molar-refractivity contribution in [1.82, 2.24) is 21.3 Å². The van der Waals surface area contributed by atoms with Crippen LogP contribution in [0.5, 0.6) is 23.0 Å². The summed E-state index contributed by atoms with van der Waals surface area (Å²) in [4.78, 5) is 80.6. The van der Waals surface area contributed by atoms with Gasteiger partial charge in [0, 0.05) is 77.4 Å². The third-order valence-corrected chi connectivity index (χ3v) is 19.4. The second-order valence-electron chi connectivity index (χ2n) is 21.7. The van der Waals surface area contributed by atoms with E-state index in [2.05, 4.69) is 21.3 Å². The summed E-state index contributed by atoms with van der Waals surface area (Å²) in [7, 11) is -13.0. The monoisotopic (exact) mass is 1320 g/mol. The van der Waals surface area contributed by atoms with Crippen molar-refractivity contribution in [3.63, 3.8) is 0 Å². The van der Waals surface area contributed by atoms with Crippen LogP contribution in [-0.2, 0) is 65.5 Å². The molecule has 26 nitrogen and oxygen atoms in total. The lowest BCUT2D eigenvalue weighted by Crippen LogP contribution is -2.36. The van der Waals surface area contributed by atoms with E-state index in [1.54, 1.807) is 24.3 Å². The van der Waals surface area contributed by atoms with Gasteiger partial charge in [-0.2, -0.15) is 11.8 Å². The van der Waals surface area contributed by atoms with Gasteiger partial charge >= 0.3 is 29.9 Å². The van der Waals surface area contributed by atoms with Crippen LogP contribution in [0.15, 0.2) is 54.6 Å². The Morgan fingerprint density at radius 3 is 1.97 bits per heavy atom. The summed E-state index contributed by atoms with van der Waals surface area (Å²) in [6.07, 6.45) is 6.36. The van der Waals surface area contributed by atoms with Gasteiger partial charge in [-0.05, 0) is 81.2 Å². The van der Waals surface area contributed by atoms with Crippen LogP contribution < -0.4 is 26.0 Å². The van der Waals surface area contributed by atoms with Gasteiger partial charge in [0.1, 0.15) is 35.4 Å². The fraction of sp³-hybridized carbons (Fsp3) is 0.621. The third kappa shape index (κ3) is 23.6. The van der Waals surface area contributed by atoms with E-state index in [-0.39, 0.29) is 105 Å². The van der Waals surface area contributed by atoms with Gasteiger partial charge in [0.25, 0.3) is 5.91 Å². The molecule has 0 bridgehead atoms. The van der Waals surface area contributed by atoms with E-state index in [4.69, 9.17) is 46.3 Å². The molecule has 492 valence electrons. The Bertz CT molecular complexity index is 2790. The molecule has 4 amide bonds. The number of aldehydes is 1. The van der Waals surface area contributed by atoms with Gasteiger partial charge in [0.15, 0.2) is 0 Å². The number of nitrogens with one attached hydrogen (secondary N) is 4. The normalized spacial score (nSPS) is 19.0. The molecule has 3 aromatic rings. The number of hydrogen-bond donors (Lipinski definition) is 9. The highest BCUT2D eigenvalue weighted by Gasteiger charge is 2.43. The molecular weight excluding hydrogens is 1230 g/mol. The highest BCUT2D eigenvalue weighted by molar-refractivity contribution is 8.00. The van der Waals surface area contributed by atoms with Crippen molar-refractivity contribution in [3.05, 3.63) is 82.4 Å². The van der Waals surface area contributed by atoms with Gasteiger partial charge in [0.2, 0.25) is 5.91 Å². The molecule has 8 unspecified atom stereocenters. The van der Waals surface area contributed by atoms with Crippen molar-refractivity contribution in [2.45, 2.75) is 120 Å². The van der Waals surface area contributed by atoms with Crippen LogP contribution in [0.4, 0.5) is 4.79 Å². The van der Waals surface area contributed by atoms with Gasteiger partial charge in [-0.15, -0.1) is 0 Å². The Morgan fingerprint density at radius 1 is 0.727 bits per heavy atom. The number of carbonyl (C=O) groups is 4. The first-order valence-electron chi connectivity index (χ1n) is 29.9. The molecule has 9 N–H and O–H groups in total. The maximum Gasteiger partial charge on any atom is 0.472 e. The number of phosphoric ester groups is 2. The van der Waals surface area contributed by atoms with Crippen LogP contribution in [-0.4, -0.2) is 171 Å². The number of urea groups is 1. The van der Waals surface area contributed by atoms with Crippen molar-refractivity contribution < 1.29 is 104 Å². The number of ether oxygens (including phenoxy) is 5. The molecular formula is C58H87N4O22P3S. The molecule has 8 atom stereocenters. The van der Waals surface area contributed by atoms with Crippen molar-refractivity contribution in [2.75, 3.05) is 98.1 Å². The standard InChI is InChI=1S/C58H87N4O22P3S/c1-4-40(5-2)20-24-79-86(71,72)80-35-41(11-8-9-21-60-56(67)42-14-17-47(43(31-42)34-63)58(3)48-18-15-44(64)32-51(48)83-52-33-45(65)16-19-49(52)58)36-81-87(73,74)82-38-46(84-85(69)70)37-78-30-29-77-28-27-76-26-25-75-23-10-22-59-54(66)13-7-6-12-53-55-50(39-88-53)61-57(68)62-55/h14-19,31-34,40-41,46,50,53,55,64-65,85H,4-13,20-30,35-39H2,1-3H3,(H,59,66)(H,60,67)(H,69,70)(H,71,72)(H,73,74)(H2,61,62,68). The number of unbranched alkanes of at least 4 members (excludes halogenated alkanes) is 2. The van der Waals surface area contributed by atoms with Gasteiger partial charge < -0.3 is 74.4 Å². The first kappa shape index (κ1) is 72.6. The van der Waals surface area contributed by atoms with Gasteiger partial charge in [-0.3, -0.25) is 37.0 Å². The summed E-state index contributed by atoms with van der Waals surface area (Å²) >= 11 is 1.87. The Morgan fingerprint density at radius 2 is 1.33 bits per heavy atom. The number of thioether (sulfide) groups is 1. The molecule has 2 fully saturated rings. The van der Waals surface area contributed by atoms with E-state index >= 15 is 0 Å². The number of hydrogen-bond acceptors (Lipinski definition) is 20. The summed E-state index contributed by atoms with van der Waals surface area (Å²) in [6, 6.07) is 14.3. The Balaban J connectivity index is 0.869. The van der Waals surface area contributed by atoms with E-state index in [9.17, 15) is 57.8 Å². The van der Waals surface area contributed by atoms with Crippen LogP contribution in [0.3, 0.4) is 0 Å². The molecule has 2 saturated heterocycles. The highest BCUT2D eigenvalue weighted by atomic mass is 32.2. The first-order valence-corrected chi connectivity index (χ1v) is 35.2. The quantitative estimate of drug-likeness (QED) is 0.0112. The predicted octanol–water partition coefficient (Wildman–Crippen LogP) is 8.05. The van der Waals surface area contributed by atoms with E-state index in [1.807, 2.05) is 32.5 Å². The average molecular weight is 1320 g/mol. The van der Waals surface area contributed by atoms with Gasteiger partial charge in [0.05, 0.1) is 90.2 Å². The van der Waals surface area contributed by atoms with E-state index < -0.39 is 67.1 Å². The lowest BCUT2D eigenvalue weighted by atomic mass is 9.68. The van der Waals surface area contributed by atoms with E-state index in [0.717, 1.165) is 37.9 Å². The van der Waals surface area contributed by atoms with Crippen molar-refractivity contribution in [1.29, 1.82) is 0 Å². The Hall–Kier alpha value is -4.50. The number of phenols is 2. The molecule has 3 aliphatic rings. The third-order valence-electron chi connectivity index (χ3n) is 15.4. The minimum Gasteiger partial charge on any atom is -0.508 e. The number of phosphoric acid groups is 2. The van der Waals surface area contributed by atoms with Crippen LogP contribution in [0.2, 0.25) is 0 Å². The van der Waals surface area contributed by atoms with Crippen LogP contribution in [0, 0.1) is 11.8 Å². The largest absolute Gasteiger partial charge is 0.508 e. The second kappa shape index (κ2) is 37.1. The Kier molecular flexibility index (Phi) is 30.6. The van der Waals surface area contributed by atoms with E-state index in [0.29, 0.717) is 98.2 Å². The molecule has 0 spiro atoms. The average Bonchev–Trinajstić information content (AvgIpc) is 0.942. The summed E-state index contributed by atoms with van der Waals surface area (Å²) < 4.78 is 91.8.